The Balaban J connectivity index is 1.77. The van der Waals surface area contributed by atoms with Crippen LogP contribution >= 0.6 is 0 Å². The largest absolute Gasteiger partial charge is 0.352 e. The van der Waals surface area contributed by atoms with E-state index in [-0.39, 0.29) is 23.7 Å². The molecule has 0 aromatic heterocycles. The van der Waals surface area contributed by atoms with Crippen molar-refractivity contribution in [2.24, 2.45) is 5.92 Å². The van der Waals surface area contributed by atoms with Crippen LogP contribution in [0.15, 0.2) is 0 Å². The molecule has 5 nitrogen and oxygen atoms in total. The number of carbonyl (C=O) groups is 1. The zero-order valence-corrected chi connectivity index (χ0v) is 13.2. The number of fused-ring (bicyclic) bond motifs is 1. The number of carbonyl (C=O) groups excluding carboxylic acids is 1. The molecule has 1 aliphatic carbocycles. The summed E-state index contributed by atoms with van der Waals surface area (Å²) in [6.45, 7) is 1.87. The highest BCUT2D eigenvalue weighted by Gasteiger charge is 2.38. The molecule has 4 atom stereocenters. The molecule has 1 heterocycles. The third-order valence-corrected chi connectivity index (χ3v) is 5.47. The Hall–Kier alpha value is -0.620. The van der Waals surface area contributed by atoms with E-state index in [1.807, 2.05) is 6.92 Å². The van der Waals surface area contributed by atoms with E-state index in [0.29, 0.717) is 18.4 Å². The quantitative estimate of drug-likeness (QED) is 0.789. The summed E-state index contributed by atoms with van der Waals surface area (Å²) in [7, 11) is -2.96. The Morgan fingerprint density at radius 2 is 2.05 bits per heavy atom. The maximum atomic E-state index is 12.2. The van der Waals surface area contributed by atoms with Crippen LogP contribution in [-0.4, -0.2) is 44.5 Å². The summed E-state index contributed by atoms with van der Waals surface area (Å²) in [4.78, 5) is 12.2. The molecule has 0 bridgehead atoms. The molecule has 0 aromatic carbocycles. The van der Waals surface area contributed by atoms with Gasteiger partial charge in [0.2, 0.25) is 5.91 Å². The van der Waals surface area contributed by atoms with Gasteiger partial charge in [-0.15, -0.1) is 0 Å². The van der Waals surface area contributed by atoms with Gasteiger partial charge in [0.1, 0.15) is 9.84 Å². The van der Waals surface area contributed by atoms with Crippen molar-refractivity contribution < 1.29 is 13.2 Å². The minimum atomic E-state index is -2.96. The number of rotatable bonds is 5. The number of amides is 1. The third-order valence-electron chi connectivity index (χ3n) is 4.49. The monoisotopic (exact) mass is 302 g/mol. The summed E-state index contributed by atoms with van der Waals surface area (Å²) in [5, 5.41) is 6.38. The van der Waals surface area contributed by atoms with Gasteiger partial charge in [0.25, 0.3) is 0 Å². The van der Waals surface area contributed by atoms with Gasteiger partial charge in [0, 0.05) is 18.3 Å². The van der Waals surface area contributed by atoms with Crippen LogP contribution < -0.4 is 10.6 Å². The van der Waals surface area contributed by atoms with Crippen molar-refractivity contribution in [3.05, 3.63) is 0 Å². The predicted octanol–water partition coefficient (Wildman–Crippen LogP) is 0.847. The second-order valence-electron chi connectivity index (χ2n) is 6.43. The lowest BCUT2D eigenvalue weighted by atomic mass is 9.85. The summed E-state index contributed by atoms with van der Waals surface area (Å²) in [5.41, 5.74) is 0. The third kappa shape index (κ3) is 4.45. The topological polar surface area (TPSA) is 75.3 Å². The molecule has 2 N–H and O–H groups in total. The van der Waals surface area contributed by atoms with Crippen LogP contribution in [0.4, 0.5) is 0 Å². The van der Waals surface area contributed by atoms with Crippen LogP contribution in [0.3, 0.4) is 0 Å². The first kappa shape index (κ1) is 15.8. The summed E-state index contributed by atoms with van der Waals surface area (Å²) in [6, 6.07) is 0.316. The second-order valence-corrected chi connectivity index (χ2v) is 8.69. The van der Waals surface area contributed by atoms with Crippen LogP contribution in [0.1, 0.15) is 45.4 Å². The summed E-state index contributed by atoms with van der Waals surface area (Å²) in [6.07, 6.45) is 7.57. The standard InChI is InChI=1S/C14H26N2O3S/c1-10(7-8-20(2,18)19)15-14(17)13-9-11-5-3-4-6-12(11)16-13/h10-13,16H,3-9H2,1-2H3,(H,15,17)/t10-,11+,12-,13+/m1/s1. The summed E-state index contributed by atoms with van der Waals surface area (Å²) < 4.78 is 22.2. The Bertz CT molecular complexity index is 435. The second kappa shape index (κ2) is 6.43. The van der Waals surface area contributed by atoms with E-state index >= 15 is 0 Å². The van der Waals surface area contributed by atoms with E-state index in [2.05, 4.69) is 10.6 Å². The molecule has 0 unspecified atom stereocenters. The average molecular weight is 302 g/mol. The fourth-order valence-corrected chi connectivity index (χ4v) is 4.11. The number of sulfone groups is 1. The number of hydrogen-bond acceptors (Lipinski definition) is 4. The first-order valence-electron chi connectivity index (χ1n) is 7.59. The minimum absolute atomic E-state index is 0.0281. The van der Waals surface area contributed by atoms with Gasteiger partial charge >= 0.3 is 0 Å². The van der Waals surface area contributed by atoms with Crippen molar-refractivity contribution in [1.29, 1.82) is 0 Å². The molecule has 2 rings (SSSR count). The van der Waals surface area contributed by atoms with Crippen LogP contribution in [0.2, 0.25) is 0 Å². The van der Waals surface area contributed by atoms with E-state index in [1.54, 1.807) is 0 Å². The summed E-state index contributed by atoms with van der Waals surface area (Å²) >= 11 is 0. The highest BCUT2D eigenvalue weighted by molar-refractivity contribution is 7.90. The van der Waals surface area contributed by atoms with Crippen molar-refractivity contribution in [2.45, 2.75) is 63.6 Å². The number of hydrogen-bond donors (Lipinski definition) is 2. The van der Waals surface area contributed by atoms with E-state index in [9.17, 15) is 13.2 Å². The fraction of sp³-hybridized carbons (Fsp3) is 0.929. The molecule has 1 amide bonds. The first-order valence-corrected chi connectivity index (χ1v) is 9.65. The SMILES string of the molecule is C[C@H](CCS(C)(=O)=O)NC(=O)[C@@H]1C[C@@H]2CCCC[C@H]2N1. The molecule has 0 radical (unpaired) electrons. The Morgan fingerprint density at radius 3 is 2.70 bits per heavy atom. The van der Waals surface area contributed by atoms with E-state index in [1.165, 1.54) is 31.9 Å². The van der Waals surface area contributed by atoms with Gasteiger partial charge in [-0.2, -0.15) is 0 Å². The van der Waals surface area contributed by atoms with Gasteiger partial charge in [-0.05, 0) is 38.5 Å². The van der Waals surface area contributed by atoms with Crippen molar-refractivity contribution in [3.8, 4) is 0 Å². The van der Waals surface area contributed by atoms with Crippen LogP contribution in [0.5, 0.6) is 0 Å². The van der Waals surface area contributed by atoms with Gasteiger partial charge in [-0.3, -0.25) is 4.79 Å². The fourth-order valence-electron chi connectivity index (χ4n) is 3.33. The Morgan fingerprint density at radius 1 is 1.35 bits per heavy atom. The van der Waals surface area contributed by atoms with E-state index in [4.69, 9.17) is 0 Å². The zero-order valence-electron chi connectivity index (χ0n) is 12.4. The van der Waals surface area contributed by atoms with Crippen LogP contribution in [0, 0.1) is 5.92 Å². The van der Waals surface area contributed by atoms with E-state index in [0.717, 1.165) is 6.42 Å². The molecule has 2 fully saturated rings. The molecule has 1 saturated heterocycles. The van der Waals surface area contributed by atoms with Crippen molar-refractivity contribution in [2.75, 3.05) is 12.0 Å². The highest BCUT2D eigenvalue weighted by Crippen LogP contribution is 2.33. The van der Waals surface area contributed by atoms with Gasteiger partial charge < -0.3 is 10.6 Å². The number of nitrogens with one attached hydrogen (secondary N) is 2. The smallest absolute Gasteiger partial charge is 0.237 e. The van der Waals surface area contributed by atoms with Gasteiger partial charge in [-0.1, -0.05) is 12.8 Å². The van der Waals surface area contributed by atoms with Crippen LogP contribution in [0.25, 0.3) is 0 Å². The first-order chi connectivity index (χ1) is 9.35. The molecule has 2 aliphatic rings. The van der Waals surface area contributed by atoms with Gasteiger partial charge in [-0.25, -0.2) is 8.42 Å². The van der Waals surface area contributed by atoms with Crippen molar-refractivity contribution in [1.82, 2.24) is 10.6 Å². The van der Waals surface area contributed by atoms with Crippen LogP contribution in [-0.2, 0) is 14.6 Å². The van der Waals surface area contributed by atoms with Gasteiger partial charge in [0.15, 0.2) is 0 Å². The molecule has 6 heteroatoms. The predicted molar refractivity (Wildman–Crippen MR) is 79.2 cm³/mol. The molecule has 0 spiro atoms. The molecular weight excluding hydrogens is 276 g/mol. The van der Waals surface area contributed by atoms with Crippen molar-refractivity contribution >= 4 is 15.7 Å². The molecule has 20 heavy (non-hydrogen) atoms. The molecule has 1 aliphatic heterocycles. The Kier molecular flexibility index (Phi) is 5.07. The maximum absolute atomic E-state index is 12.2. The molecule has 116 valence electrons. The molecule has 1 saturated carbocycles. The minimum Gasteiger partial charge on any atom is -0.352 e. The average Bonchev–Trinajstić information content (AvgIpc) is 2.79. The summed E-state index contributed by atoms with van der Waals surface area (Å²) in [5.74, 6) is 0.795. The molecule has 0 aromatic rings. The van der Waals surface area contributed by atoms with Crippen molar-refractivity contribution in [3.63, 3.8) is 0 Å². The lowest BCUT2D eigenvalue weighted by molar-refractivity contribution is -0.123. The lowest BCUT2D eigenvalue weighted by Gasteiger charge is -2.24. The highest BCUT2D eigenvalue weighted by atomic mass is 32.2. The van der Waals surface area contributed by atoms with E-state index < -0.39 is 9.84 Å². The molecular formula is C14H26N2O3S. The normalized spacial score (nSPS) is 31.6. The Labute approximate surface area is 121 Å². The maximum Gasteiger partial charge on any atom is 0.237 e. The zero-order chi connectivity index (χ0) is 14.8. The van der Waals surface area contributed by atoms with Gasteiger partial charge in [0.05, 0.1) is 11.8 Å². The lowest BCUT2D eigenvalue weighted by Crippen LogP contribution is -2.46.